The predicted octanol–water partition coefficient (Wildman–Crippen LogP) is 2.26. The first-order valence-electron chi connectivity index (χ1n) is 3.97. The van der Waals surface area contributed by atoms with Crippen LogP contribution in [0.5, 0.6) is 5.75 Å². The number of para-hydroxylation sites is 1. The van der Waals surface area contributed by atoms with Crippen molar-refractivity contribution in [1.82, 2.24) is 0 Å². The third-order valence-corrected chi connectivity index (χ3v) is 1.65. The molecule has 0 fully saturated rings. The van der Waals surface area contributed by atoms with Gasteiger partial charge in [-0.25, -0.2) is 0 Å². The third-order valence-electron chi connectivity index (χ3n) is 1.65. The number of hydrogen-bond acceptors (Lipinski definition) is 2. The molecule has 0 bridgehead atoms. The van der Waals surface area contributed by atoms with Crippen molar-refractivity contribution in [3.63, 3.8) is 0 Å². The molecule has 0 N–H and O–H groups in total. The number of rotatable bonds is 3. The lowest BCUT2D eigenvalue weighted by atomic mass is 10.1. The van der Waals surface area contributed by atoms with Crippen LogP contribution in [0.2, 0.25) is 0 Å². The number of ether oxygens (including phenoxy) is 1. The van der Waals surface area contributed by atoms with Gasteiger partial charge in [0.15, 0.2) is 5.78 Å². The van der Waals surface area contributed by atoms with E-state index in [0.717, 1.165) is 0 Å². The molecule has 1 aromatic rings. The zero-order valence-electron chi connectivity index (χ0n) is 7.70. The van der Waals surface area contributed by atoms with E-state index in [1.54, 1.807) is 32.2 Å². The van der Waals surface area contributed by atoms with Crippen molar-refractivity contribution < 1.29 is 9.53 Å². The average molecular weight is 175 g/mol. The summed E-state index contributed by atoms with van der Waals surface area (Å²) in [6.07, 6.45) is 4.09. The zero-order valence-corrected chi connectivity index (χ0v) is 7.70. The highest BCUT2D eigenvalue weighted by Gasteiger charge is 2.06. The SMILES string of the molecule is C/[C]=C\C(=O)c1ccccc1OC. The van der Waals surface area contributed by atoms with Crippen LogP contribution >= 0.6 is 0 Å². The molecule has 0 aromatic heterocycles. The van der Waals surface area contributed by atoms with Crippen molar-refractivity contribution in [3.8, 4) is 5.75 Å². The van der Waals surface area contributed by atoms with Gasteiger partial charge in [0.05, 0.1) is 12.7 Å². The molecule has 1 aromatic carbocycles. The van der Waals surface area contributed by atoms with E-state index < -0.39 is 0 Å². The lowest BCUT2D eigenvalue weighted by molar-refractivity contribution is 0.104. The number of methoxy groups -OCH3 is 1. The minimum Gasteiger partial charge on any atom is -0.496 e. The van der Waals surface area contributed by atoms with Gasteiger partial charge < -0.3 is 4.74 Å². The molecule has 0 unspecified atom stereocenters. The molecular weight excluding hydrogens is 164 g/mol. The quantitative estimate of drug-likeness (QED) is 0.520. The molecule has 1 rings (SSSR count). The summed E-state index contributed by atoms with van der Waals surface area (Å²) in [5, 5.41) is 0. The number of benzene rings is 1. The van der Waals surface area contributed by atoms with E-state index in [0.29, 0.717) is 11.3 Å². The fourth-order valence-electron chi connectivity index (χ4n) is 1.06. The molecule has 2 heteroatoms. The lowest BCUT2D eigenvalue weighted by Gasteiger charge is -2.03. The number of allylic oxidation sites excluding steroid dienone is 2. The first-order valence-corrected chi connectivity index (χ1v) is 3.97. The molecule has 0 saturated heterocycles. The summed E-state index contributed by atoms with van der Waals surface area (Å²) in [6.45, 7) is 1.69. The molecule has 67 valence electrons. The van der Waals surface area contributed by atoms with Crippen LogP contribution in [0.3, 0.4) is 0 Å². The topological polar surface area (TPSA) is 26.3 Å². The Hall–Kier alpha value is -1.57. The van der Waals surface area contributed by atoms with E-state index in [1.165, 1.54) is 6.08 Å². The predicted molar refractivity (Wildman–Crippen MR) is 50.8 cm³/mol. The van der Waals surface area contributed by atoms with E-state index in [-0.39, 0.29) is 5.78 Å². The highest BCUT2D eigenvalue weighted by Crippen LogP contribution is 2.17. The Labute approximate surface area is 77.8 Å². The maximum atomic E-state index is 11.4. The van der Waals surface area contributed by atoms with Gasteiger partial charge in [-0.1, -0.05) is 12.1 Å². The van der Waals surface area contributed by atoms with Crippen molar-refractivity contribution in [2.45, 2.75) is 6.92 Å². The van der Waals surface area contributed by atoms with Crippen LogP contribution in [-0.2, 0) is 0 Å². The van der Waals surface area contributed by atoms with Gasteiger partial charge in [-0.3, -0.25) is 4.79 Å². The fraction of sp³-hybridized carbons (Fsp3) is 0.182. The fourth-order valence-corrected chi connectivity index (χ4v) is 1.06. The van der Waals surface area contributed by atoms with Crippen molar-refractivity contribution in [2.75, 3.05) is 7.11 Å². The monoisotopic (exact) mass is 175 g/mol. The van der Waals surface area contributed by atoms with Crippen molar-refractivity contribution in [3.05, 3.63) is 42.0 Å². The third kappa shape index (κ3) is 2.18. The van der Waals surface area contributed by atoms with Crippen molar-refractivity contribution in [2.24, 2.45) is 0 Å². The zero-order chi connectivity index (χ0) is 9.68. The number of carbonyl (C=O) groups excluding carboxylic acids is 1. The minimum atomic E-state index is -0.0834. The second kappa shape index (κ2) is 4.45. The summed E-state index contributed by atoms with van der Waals surface area (Å²) in [4.78, 5) is 11.4. The summed E-state index contributed by atoms with van der Waals surface area (Å²) in [5.74, 6) is 0.513. The molecule has 0 heterocycles. The highest BCUT2D eigenvalue weighted by molar-refractivity contribution is 6.06. The van der Waals surface area contributed by atoms with Crippen molar-refractivity contribution in [1.29, 1.82) is 0 Å². The second-order valence-electron chi connectivity index (χ2n) is 2.50. The Kier molecular flexibility index (Phi) is 3.26. The first-order chi connectivity index (χ1) is 6.29. The lowest BCUT2D eigenvalue weighted by Crippen LogP contribution is -1.98. The summed E-state index contributed by atoms with van der Waals surface area (Å²) in [5.41, 5.74) is 0.569. The van der Waals surface area contributed by atoms with E-state index in [1.807, 2.05) is 6.07 Å². The van der Waals surface area contributed by atoms with Gasteiger partial charge in [0.2, 0.25) is 0 Å². The Bertz CT molecular complexity index is 327. The van der Waals surface area contributed by atoms with Crippen LogP contribution in [0.1, 0.15) is 17.3 Å². The van der Waals surface area contributed by atoms with Gasteiger partial charge in [0, 0.05) is 0 Å². The van der Waals surface area contributed by atoms with Crippen LogP contribution in [0, 0.1) is 6.08 Å². The molecule has 2 nitrogen and oxygen atoms in total. The van der Waals surface area contributed by atoms with Gasteiger partial charge in [-0.15, -0.1) is 0 Å². The maximum Gasteiger partial charge on any atom is 0.189 e. The van der Waals surface area contributed by atoms with Crippen LogP contribution in [0.4, 0.5) is 0 Å². The molecule has 13 heavy (non-hydrogen) atoms. The maximum absolute atomic E-state index is 11.4. The standard InChI is InChI=1S/C11H11O2/c1-3-6-10(12)9-7-4-5-8-11(9)13-2/h4-8H,1-2H3. The molecule has 0 amide bonds. The van der Waals surface area contributed by atoms with Gasteiger partial charge >= 0.3 is 0 Å². The number of carbonyl (C=O) groups is 1. The van der Waals surface area contributed by atoms with Gasteiger partial charge in [0.1, 0.15) is 5.75 Å². The average Bonchev–Trinajstić information content (AvgIpc) is 2.18. The van der Waals surface area contributed by atoms with Gasteiger partial charge in [-0.05, 0) is 31.2 Å². The largest absolute Gasteiger partial charge is 0.496 e. The summed E-state index contributed by atoms with van der Waals surface area (Å²) in [7, 11) is 1.55. The Morgan fingerprint density at radius 2 is 2.15 bits per heavy atom. The Balaban J connectivity index is 3.05. The Morgan fingerprint density at radius 1 is 1.46 bits per heavy atom. The molecule has 0 spiro atoms. The summed E-state index contributed by atoms with van der Waals surface area (Å²) < 4.78 is 5.04. The molecule has 0 aliphatic heterocycles. The molecule has 0 aliphatic rings. The molecule has 1 radical (unpaired) electrons. The van der Waals surface area contributed by atoms with Crippen LogP contribution < -0.4 is 4.74 Å². The summed E-state index contributed by atoms with van der Waals surface area (Å²) in [6, 6.07) is 7.12. The number of hydrogen-bond donors (Lipinski definition) is 0. The normalized spacial score (nSPS) is 10.3. The first kappa shape index (κ1) is 9.52. The van der Waals surface area contributed by atoms with Gasteiger partial charge in [0.25, 0.3) is 0 Å². The Morgan fingerprint density at radius 3 is 2.77 bits per heavy atom. The highest BCUT2D eigenvalue weighted by atomic mass is 16.5. The summed E-state index contributed by atoms with van der Waals surface area (Å²) >= 11 is 0. The number of ketones is 1. The van der Waals surface area contributed by atoms with Gasteiger partial charge in [-0.2, -0.15) is 0 Å². The smallest absolute Gasteiger partial charge is 0.189 e. The van der Waals surface area contributed by atoms with Crippen molar-refractivity contribution >= 4 is 5.78 Å². The molecule has 0 atom stereocenters. The van der Waals surface area contributed by atoms with Crippen LogP contribution in [-0.4, -0.2) is 12.9 Å². The second-order valence-corrected chi connectivity index (χ2v) is 2.50. The molecule has 0 saturated carbocycles. The van der Waals surface area contributed by atoms with E-state index in [2.05, 4.69) is 6.08 Å². The van der Waals surface area contributed by atoms with E-state index >= 15 is 0 Å². The van der Waals surface area contributed by atoms with E-state index in [4.69, 9.17) is 4.74 Å². The molecule has 0 aliphatic carbocycles. The van der Waals surface area contributed by atoms with Crippen LogP contribution in [0.15, 0.2) is 30.3 Å². The minimum absolute atomic E-state index is 0.0834. The molecular formula is C11H11O2. The van der Waals surface area contributed by atoms with Crippen LogP contribution in [0.25, 0.3) is 0 Å². The van der Waals surface area contributed by atoms with E-state index in [9.17, 15) is 4.79 Å².